The average Bonchev–Trinajstić information content (AvgIpc) is 3.24. The van der Waals surface area contributed by atoms with E-state index in [-0.39, 0.29) is 17.9 Å². The molecular formula is C18H21ClN4O3. The third kappa shape index (κ3) is 3.89. The Labute approximate surface area is 157 Å². The van der Waals surface area contributed by atoms with E-state index in [2.05, 4.69) is 40.5 Å². The number of ether oxygens (including phenoxy) is 2. The fraction of sp³-hybridized carbons (Fsp3) is 0.222. The number of hydrogen-bond acceptors (Lipinski definition) is 5. The third-order valence-corrected chi connectivity index (χ3v) is 3.91. The van der Waals surface area contributed by atoms with Crippen molar-refractivity contribution in [3.8, 4) is 11.5 Å². The Kier molecular flexibility index (Phi) is 6.43. The van der Waals surface area contributed by atoms with Crippen molar-refractivity contribution in [1.29, 1.82) is 0 Å². The van der Waals surface area contributed by atoms with Gasteiger partial charge in [-0.3, -0.25) is 0 Å². The highest BCUT2D eigenvalue weighted by molar-refractivity contribution is 5.85. The summed E-state index contributed by atoms with van der Waals surface area (Å²) in [5.74, 6) is 1.60. The number of nitrogens with one attached hydrogen (secondary N) is 1. The van der Waals surface area contributed by atoms with Crippen LogP contribution in [0.3, 0.4) is 0 Å². The predicted octanol–water partition coefficient (Wildman–Crippen LogP) is 2.90. The van der Waals surface area contributed by atoms with Gasteiger partial charge in [0.15, 0.2) is 17.1 Å². The number of hydrogen-bond donors (Lipinski definition) is 1. The number of pyridine rings is 1. The van der Waals surface area contributed by atoms with Crippen molar-refractivity contribution in [3.05, 3.63) is 48.3 Å². The number of aryl methyl sites for hydroxylation is 1. The maximum atomic E-state index is 5.38. The van der Waals surface area contributed by atoms with E-state index in [0.717, 1.165) is 40.3 Å². The summed E-state index contributed by atoms with van der Waals surface area (Å²) in [5.41, 5.74) is 2.98. The SMILES string of the molecule is CCn1ncc2cc(NC/C=C/c3ccc4c(c3)OCO4)cnc21.Cl.O. The third-order valence-electron chi connectivity index (χ3n) is 3.91. The van der Waals surface area contributed by atoms with Gasteiger partial charge in [-0.1, -0.05) is 18.2 Å². The van der Waals surface area contributed by atoms with Crippen LogP contribution < -0.4 is 14.8 Å². The highest BCUT2D eigenvalue weighted by atomic mass is 35.5. The predicted molar refractivity (Wildman–Crippen MR) is 104 cm³/mol. The van der Waals surface area contributed by atoms with E-state index in [0.29, 0.717) is 13.3 Å². The van der Waals surface area contributed by atoms with E-state index >= 15 is 0 Å². The van der Waals surface area contributed by atoms with E-state index in [1.807, 2.05) is 35.3 Å². The molecule has 0 saturated carbocycles. The van der Waals surface area contributed by atoms with Crippen LogP contribution in [-0.4, -0.2) is 33.6 Å². The van der Waals surface area contributed by atoms with Gasteiger partial charge in [0.05, 0.1) is 18.1 Å². The second kappa shape index (κ2) is 8.55. The average molecular weight is 377 g/mol. The molecule has 2 aromatic heterocycles. The molecule has 26 heavy (non-hydrogen) atoms. The molecule has 1 aliphatic rings. The van der Waals surface area contributed by atoms with Gasteiger partial charge in [-0.2, -0.15) is 5.10 Å². The lowest BCUT2D eigenvalue weighted by Crippen LogP contribution is -2.00. The summed E-state index contributed by atoms with van der Waals surface area (Å²) in [6, 6.07) is 7.98. The Morgan fingerprint density at radius 1 is 1.19 bits per heavy atom. The maximum Gasteiger partial charge on any atom is 0.231 e. The molecule has 0 spiro atoms. The zero-order valence-electron chi connectivity index (χ0n) is 14.3. The summed E-state index contributed by atoms with van der Waals surface area (Å²) >= 11 is 0. The Morgan fingerprint density at radius 3 is 2.88 bits per heavy atom. The molecule has 4 rings (SSSR count). The Balaban J connectivity index is 0.00000121. The highest BCUT2D eigenvalue weighted by Crippen LogP contribution is 2.32. The minimum absolute atomic E-state index is 0. The van der Waals surface area contributed by atoms with Crippen LogP contribution in [-0.2, 0) is 6.54 Å². The van der Waals surface area contributed by atoms with Crippen molar-refractivity contribution in [2.45, 2.75) is 13.5 Å². The molecule has 0 atom stereocenters. The van der Waals surface area contributed by atoms with Crippen LogP contribution >= 0.6 is 12.4 Å². The first-order chi connectivity index (χ1) is 11.8. The topological polar surface area (TPSA) is 92.7 Å². The standard InChI is InChI=1S/C18H18N4O2.ClH.H2O/c1-2-22-18-14(10-21-22)9-15(11-20-18)19-7-3-4-13-5-6-16-17(8-13)24-12-23-16;;/h3-6,8-11,19H,2,7,12H2,1H3;1H;1H2/b4-3+;;. The Bertz CT molecular complexity index is 911. The van der Waals surface area contributed by atoms with Crippen molar-refractivity contribution in [2.75, 3.05) is 18.7 Å². The summed E-state index contributed by atoms with van der Waals surface area (Å²) < 4.78 is 12.6. The molecule has 0 fully saturated rings. The number of benzene rings is 1. The van der Waals surface area contributed by atoms with Gasteiger partial charge in [-0.25, -0.2) is 9.67 Å². The van der Waals surface area contributed by atoms with E-state index in [1.165, 1.54) is 0 Å². The van der Waals surface area contributed by atoms with E-state index < -0.39 is 0 Å². The number of fused-ring (bicyclic) bond motifs is 2. The first-order valence-electron chi connectivity index (χ1n) is 7.95. The zero-order chi connectivity index (χ0) is 16.4. The van der Waals surface area contributed by atoms with Crippen molar-refractivity contribution in [3.63, 3.8) is 0 Å². The van der Waals surface area contributed by atoms with Crippen molar-refractivity contribution in [1.82, 2.24) is 14.8 Å². The number of nitrogens with zero attached hydrogens (tertiary/aromatic N) is 3. The molecule has 8 heteroatoms. The Hall–Kier alpha value is -2.77. The van der Waals surface area contributed by atoms with Crippen LogP contribution in [0.4, 0.5) is 5.69 Å². The molecular weight excluding hydrogens is 356 g/mol. The molecule has 0 saturated heterocycles. The number of aromatic nitrogens is 3. The van der Waals surface area contributed by atoms with Crippen LogP contribution in [0, 0.1) is 0 Å². The molecule has 0 bridgehead atoms. The van der Waals surface area contributed by atoms with Gasteiger partial charge in [0, 0.05) is 18.5 Å². The van der Waals surface area contributed by atoms with Crippen LogP contribution in [0.2, 0.25) is 0 Å². The Morgan fingerprint density at radius 2 is 2.04 bits per heavy atom. The monoisotopic (exact) mass is 376 g/mol. The summed E-state index contributed by atoms with van der Waals surface area (Å²) in [5, 5.41) is 8.70. The smallest absolute Gasteiger partial charge is 0.231 e. The van der Waals surface area contributed by atoms with Gasteiger partial charge < -0.3 is 20.3 Å². The van der Waals surface area contributed by atoms with Gasteiger partial charge in [0.2, 0.25) is 6.79 Å². The van der Waals surface area contributed by atoms with Crippen LogP contribution in [0.1, 0.15) is 12.5 Å². The first kappa shape index (κ1) is 19.6. The van der Waals surface area contributed by atoms with Crippen molar-refractivity contribution in [2.24, 2.45) is 0 Å². The second-order valence-electron chi connectivity index (χ2n) is 5.49. The molecule has 0 aliphatic carbocycles. The van der Waals surface area contributed by atoms with Crippen molar-refractivity contribution >= 4 is 35.2 Å². The van der Waals surface area contributed by atoms with Gasteiger partial charge >= 0.3 is 0 Å². The first-order valence-corrected chi connectivity index (χ1v) is 7.95. The highest BCUT2D eigenvalue weighted by Gasteiger charge is 2.12. The van der Waals surface area contributed by atoms with Crippen molar-refractivity contribution < 1.29 is 14.9 Å². The molecule has 138 valence electrons. The quantitative estimate of drug-likeness (QED) is 0.739. The molecule has 0 radical (unpaired) electrons. The molecule has 1 aromatic carbocycles. The fourth-order valence-corrected chi connectivity index (χ4v) is 2.69. The van der Waals surface area contributed by atoms with Crippen LogP contribution in [0.5, 0.6) is 11.5 Å². The van der Waals surface area contributed by atoms with Crippen LogP contribution in [0.25, 0.3) is 17.1 Å². The fourth-order valence-electron chi connectivity index (χ4n) is 2.69. The lowest BCUT2D eigenvalue weighted by atomic mass is 10.2. The molecule has 1 aliphatic heterocycles. The molecule has 3 aromatic rings. The van der Waals surface area contributed by atoms with Gasteiger partial charge in [-0.05, 0) is 30.7 Å². The molecule has 7 nitrogen and oxygen atoms in total. The number of anilines is 1. The van der Waals surface area contributed by atoms with Gasteiger partial charge in [0.1, 0.15) is 0 Å². The lowest BCUT2D eigenvalue weighted by Gasteiger charge is -2.03. The largest absolute Gasteiger partial charge is 0.454 e. The van der Waals surface area contributed by atoms with Crippen LogP contribution in [0.15, 0.2) is 42.7 Å². The van der Waals surface area contributed by atoms with Gasteiger partial charge in [0.25, 0.3) is 0 Å². The number of halogens is 1. The summed E-state index contributed by atoms with van der Waals surface area (Å²) in [7, 11) is 0. The lowest BCUT2D eigenvalue weighted by molar-refractivity contribution is 0.174. The van der Waals surface area contributed by atoms with E-state index in [9.17, 15) is 0 Å². The molecule has 3 heterocycles. The summed E-state index contributed by atoms with van der Waals surface area (Å²) in [4.78, 5) is 4.47. The molecule has 3 N–H and O–H groups in total. The molecule has 0 unspecified atom stereocenters. The summed E-state index contributed by atoms with van der Waals surface area (Å²) in [6.07, 6.45) is 7.80. The van der Waals surface area contributed by atoms with E-state index in [4.69, 9.17) is 9.47 Å². The number of rotatable bonds is 5. The molecule has 0 amide bonds. The minimum Gasteiger partial charge on any atom is -0.454 e. The minimum atomic E-state index is 0. The zero-order valence-corrected chi connectivity index (χ0v) is 15.1. The second-order valence-corrected chi connectivity index (χ2v) is 5.49. The van der Waals surface area contributed by atoms with E-state index in [1.54, 1.807) is 0 Å². The normalized spacial score (nSPS) is 12.0. The summed E-state index contributed by atoms with van der Waals surface area (Å²) in [6.45, 7) is 3.89. The maximum absolute atomic E-state index is 5.38. The van der Waals surface area contributed by atoms with Gasteiger partial charge in [-0.15, -0.1) is 12.4 Å².